The molecule has 0 unspecified atom stereocenters. The molecule has 2 aromatic rings. The summed E-state index contributed by atoms with van der Waals surface area (Å²) in [6.45, 7) is 2.58. The van der Waals surface area contributed by atoms with Crippen molar-refractivity contribution in [3.8, 4) is 11.5 Å². The minimum Gasteiger partial charge on any atom is -0.494 e. The molecule has 0 N–H and O–H groups in total. The van der Waals surface area contributed by atoms with Crippen molar-refractivity contribution in [2.24, 2.45) is 0 Å². The Morgan fingerprint density at radius 2 is 1.95 bits per heavy atom. The zero-order valence-corrected chi connectivity index (χ0v) is 12.1. The molecular formula is C17H17FO3. The number of carbonyl (C=O) groups excluding carboxylic acids is 1. The second kappa shape index (κ2) is 6.88. The molecule has 2 rings (SSSR count). The Bertz CT molecular complexity index is 638. The van der Waals surface area contributed by atoms with Gasteiger partial charge in [0.05, 0.1) is 19.3 Å². The van der Waals surface area contributed by atoms with E-state index in [-0.39, 0.29) is 11.3 Å². The average molecular weight is 288 g/mol. The van der Waals surface area contributed by atoms with Gasteiger partial charge in [0.2, 0.25) is 0 Å². The molecule has 0 atom stereocenters. The van der Waals surface area contributed by atoms with Crippen molar-refractivity contribution in [1.82, 2.24) is 0 Å². The lowest BCUT2D eigenvalue weighted by molar-refractivity contribution is 0.103. The van der Waals surface area contributed by atoms with Crippen LogP contribution in [0.3, 0.4) is 0 Å². The monoisotopic (exact) mass is 288 g/mol. The molecule has 4 heteroatoms. The number of hydrogen-bond acceptors (Lipinski definition) is 3. The van der Waals surface area contributed by atoms with Crippen LogP contribution in [-0.2, 0) is 0 Å². The molecule has 0 saturated heterocycles. The number of benzene rings is 2. The van der Waals surface area contributed by atoms with Gasteiger partial charge in [0, 0.05) is 5.56 Å². The summed E-state index contributed by atoms with van der Waals surface area (Å²) in [5.41, 5.74) is 0.373. The second-order valence-corrected chi connectivity index (χ2v) is 4.53. The maximum absolute atomic E-state index is 14.1. The van der Waals surface area contributed by atoms with Crippen molar-refractivity contribution in [1.29, 1.82) is 0 Å². The van der Waals surface area contributed by atoms with Crippen molar-refractivity contribution in [2.75, 3.05) is 13.7 Å². The number of ether oxygens (including phenoxy) is 2. The molecule has 110 valence electrons. The van der Waals surface area contributed by atoms with E-state index in [9.17, 15) is 9.18 Å². The SMILES string of the molecule is CCCOc1cccc(C(=O)c2cccc(OC)c2F)c1. The minimum absolute atomic E-state index is 0.0120. The summed E-state index contributed by atoms with van der Waals surface area (Å²) < 4.78 is 24.5. The first-order valence-corrected chi connectivity index (χ1v) is 6.77. The highest BCUT2D eigenvalue weighted by Crippen LogP contribution is 2.23. The van der Waals surface area contributed by atoms with Crippen molar-refractivity contribution in [2.45, 2.75) is 13.3 Å². The molecule has 0 radical (unpaired) electrons. The van der Waals surface area contributed by atoms with Crippen molar-refractivity contribution in [3.05, 3.63) is 59.4 Å². The van der Waals surface area contributed by atoms with Gasteiger partial charge in [-0.2, -0.15) is 0 Å². The summed E-state index contributed by atoms with van der Waals surface area (Å²) in [6.07, 6.45) is 0.878. The van der Waals surface area contributed by atoms with Gasteiger partial charge >= 0.3 is 0 Å². The third-order valence-electron chi connectivity index (χ3n) is 3.00. The van der Waals surface area contributed by atoms with Gasteiger partial charge in [-0.1, -0.05) is 25.1 Å². The molecule has 21 heavy (non-hydrogen) atoms. The van der Waals surface area contributed by atoms with Gasteiger partial charge in [-0.25, -0.2) is 4.39 Å². The highest BCUT2D eigenvalue weighted by atomic mass is 19.1. The van der Waals surface area contributed by atoms with Crippen LogP contribution in [0.2, 0.25) is 0 Å². The Balaban J connectivity index is 2.32. The summed E-state index contributed by atoms with van der Waals surface area (Å²) in [5.74, 6) is -0.386. The Hall–Kier alpha value is -2.36. The minimum atomic E-state index is -0.648. The zero-order chi connectivity index (χ0) is 15.2. The van der Waals surface area contributed by atoms with Crippen LogP contribution in [0.4, 0.5) is 4.39 Å². The molecule has 0 bridgehead atoms. The smallest absolute Gasteiger partial charge is 0.196 e. The first-order valence-electron chi connectivity index (χ1n) is 6.77. The van der Waals surface area contributed by atoms with E-state index >= 15 is 0 Å². The fourth-order valence-electron chi connectivity index (χ4n) is 1.95. The quantitative estimate of drug-likeness (QED) is 0.757. The first-order chi connectivity index (χ1) is 10.2. The Morgan fingerprint density at radius 1 is 1.19 bits per heavy atom. The Morgan fingerprint density at radius 3 is 2.67 bits per heavy atom. The van der Waals surface area contributed by atoms with Crippen molar-refractivity contribution < 1.29 is 18.7 Å². The van der Waals surface area contributed by atoms with Gasteiger partial charge in [-0.15, -0.1) is 0 Å². The molecule has 0 aliphatic heterocycles. The van der Waals surface area contributed by atoms with Gasteiger partial charge in [0.1, 0.15) is 5.75 Å². The standard InChI is InChI=1S/C17H17FO3/c1-3-10-21-13-7-4-6-12(11-13)17(19)14-8-5-9-15(20-2)16(14)18/h4-9,11H,3,10H2,1-2H3. The van der Waals surface area contributed by atoms with Crippen LogP contribution in [0.25, 0.3) is 0 Å². The molecule has 3 nitrogen and oxygen atoms in total. The molecule has 0 saturated carbocycles. The number of halogens is 1. The van der Waals surface area contributed by atoms with Crippen molar-refractivity contribution >= 4 is 5.78 Å². The first kappa shape index (κ1) is 15.0. The molecule has 0 aliphatic rings. The Labute approximate surface area is 123 Å². The van der Waals surface area contributed by atoms with Gasteiger partial charge in [0.15, 0.2) is 17.3 Å². The topological polar surface area (TPSA) is 35.5 Å². The van der Waals surface area contributed by atoms with Crippen LogP contribution in [-0.4, -0.2) is 19.5 Å². The van der Waals surface area contributed by atoms with Crippen LogP contribution in [0.1, 0.15) is 29.3 Å². The molecule has 0 aliphatic carbocycles. The van der Waals surface area contributed by atoms with E-state index < -0.39 is 11.6 Å². The molecule has 0 fully saturated rings. The highest BCUT2D eigenvalue weighted by Gasteiger charge is 2.17. The lowest BCUT2D eigenvalue weighted by Gasteiger charge is -2.08. The predicted octanol–water partition coefficient (Wildman–Crippen LogP) is 3.85. The lowest BCUT2D eigenvalue weighted by atomic mass is 10.0. The van der Waals surface area contributed by atoms with Crippen LogP contribution in [0.15, 0.2) is 42.5 Å². The van der Waals surface area contributed by atoms with E-state index in [0.29, 0.717) is 17.9 Å². The van der Waals surface area contributed by atoms with Gasteiger partial charge in [-0.3, -0.25) is 4.79 Å². The van der Waals surface area contributed by atoms with Crippen LogP contribution in [0, 0.1) is 5.82 Å². The van der Waals surface area contributed by atoms with Gasteiger partial charge in [-0.05, 0) is 30.7 Å². The van der Waals surface area contributed by atoms with E-state index in [1.165, 1.54) is 19.2 Å². The number of carbonyl (C=O) groups is 1. The van der Waals surface area contributed by atoms with Crippen molar-refractivity contribution in [3.63, 3.8) is 0 Å². The molecule has 0 aromatic heterocycles. The maximum atomic E-state index is 14.1. The van der Waals surface area contributed by atoms with E-state index in [2.05, 4.69) is 0 Å². The second-order valence-electron chi connectivity index (χ2n) is 4.53. The van der Waals surface area contributed by atoms with E-state index in [1.54, 1.807) is 30.3 Å². The van der Waals surface area contributed by atoms with E-state index in [0.717, 1.165) is 6.42 Å². The summed E-state index contributed by atoms with van der Waals surface area (Å²) in [7, 11) is 1.37. The summed E-state index contributed by atoms with van der Waals surface area (Å²) >= 11 is 0. The molecular weight excluding hydrogens is 271 g/mol. The fraction of sp³-hybridized carbons (Fsp3) is 0.235. The largest absolute Gasteiger partial charge is 0.494 e. The maximum Gasteiger partial charge on any atom is 0.196 e. The van der Waals surface area contributed by atoms with Crippen LogP contribution >= 0.6 is 0 Å². The number of rotatable bonds is 6. The van der Waals surface area contributed by atoms with Crippen LogP contribution in [0.5, 0.6) is 11.5 Å². The summed E-state index contributed by atoms with van der Waals surface area (Å²) in [5, 5.41) is 0. The van der Waals surface area contributed by atoms with Crippen LogP contribution < -0.4 is 9.47 Å². The molecule has 0 spiro atoms. The molecule has 0 amide bonds. The predicted molar refractivity (Wildman–Crippen MR) is 78.6 cm³/mol. The Kier molecular flexibility index (Phi) is 4.93. The number of ketones is 1. The number of methoxy groups -OCH3 is 1. The van der Waals surface area contributed by atoms with E-state index in [4.69, 9.17) is 9.47 Å². The lowest BCUT2D eigenvalue weighted by Crippen LogP contribution is -2.06. The fourth-order valence-corrected chi connectivity index (χ4v) is 1.95. The van der Waals surface area contributed by atoms with Gasteiger partial charge in [0.25, 0.3) is 0 Å². The van der Waals surface area contributed by atoms with E-state index in [1.807, 2.05) is 6.92 Å². The summed E-state index contributed by atoms with van der Waals surface area (Å²) in [4.78, 5) is 12.4. The molecule has 2 aromatic carbocycles. The molecule has 0 heterocycles. The van der Waals surface area contributed by atoms with Gasteiger partial charge < -0.3 is 9.47 Å². The average Bonchev–Trinajstić information content (AvgIpc) is 2.53. The summed E-state index contributed by atoms with van der Waals surface area (Å²) in [6, 6.07) is 11.3. The zero-order valence-electron chi connectivity index (χ0n) is 12.1. The normalized spacial score (nSPS) is 10.2. The highest BCUT2D eigenvalue weighted by molar-refractivity contribution is 6.09. The third-order valence-corrected chi connectivity index (χ3v) is 3.00. The number of hydrogen-bond donors (Lipinski definition) is 0. The third kappa shape index (κ3) is 3.40.